The van der Waals surface area contributed by atoms with Gasteiger partial charge in [0.05, 0.1) is 18.6 Å². The largest absolute Gasteiger partial charge is 0.344 e. The second kappa shape index (κ2) is 4.17. The summed E-state index contributed by atoms with van der Waals surface area (Å²) in [5.41, 5.74) is 9.84. The Kier molecular flexibility index (Phi) is 2.43. The van der Waals surface area contributed by atoms with Gasteiger partial charge in [0.1, 0.15) is 0 Å². The smallest absolute Gasteiger partial charge is 0.337 e. The van der Waals surface area contributed by atoms with Crippen LogP contribution in [0.5, 0.6) is 0 Å². The summed E-state index contributed by atoms with van der Waals surface area (Å²) in [5, 5.41) is 0. The van der Waals surface area contributed by atoms with Crippen molar-refractivity contribution < 1.29 is 4.98 Å². The first-order valence-electron chi connectivity index (χ1n) is 6.30. The molecule has 0 fully saturated rings. The fraction of sp³-hybridized carbons (Fsp3) is 0.154. The van der Waals surface area contributed by atoms with Gasteiger partial charge in [-0.1, -0.05) is 27.0 Å². The van der Waals surface area contributed by atoms with E-state index in [-0.39, 0.29) is 0 Å². The van der Waals surface area contributed by atoms with Gasteiger partial charge in [-0.15, -0.1) is 0 Å². The van der Waals surface area contributed by atoms with E-state index in [4.69, 9.17) is 5.73 Å². The Morgan fingerprint density at radius 1 is 1.40 bits per heavy atom. The second-order valence-corrected chi connectivity index (χ2v) is 5.66. The lowest BCUT2D eigenvalue weighted by atomic mass is 10.2. The maximum Gasteiger partial charge on any atom is 0.344 e. The first-order valence-corrected chi connectivity index (χ1v) is 7.09. The molecule has 2 aromatic heterocycles. The molecule has 1 aromatic carbocycles. The molecule has 1 aliphatic heterocycles. The molecule has 4 rings (SSSR count). The Bertz CT molecular complexity index is 812. The summed E-state index contributed by atoms with van der Waals surface area (Å²) in [4.78, 5) is 16.8. The molecule has 7 heteroatoms. The number of nitrogens with zero attached hydrogens (tertiary/aromatic N) is 3. The van der Waals surface area contributed by atoms with E-state index in [1.54, 1.807) is 6.33 Å². The number of hydrogen-bond acceptors (Lipinski definition) is 4. The van der Waals surface area contributed by atoms with Gasteiger partial charge in [-0.05, 0) is 17.7 Å². The van der Waals surface area contributed by atoms with Gasteiger partial charge in [-0.2, -0.15) is 0 Å². The van der Waals surface area contributed by atoms with Crippen LogP contribution in [0.1, 0.15) is 5.56 Å². The van der Waals surface area contributed by atoms with Gasteiger partial charge in [0.15, 0.2) is 5.52 Å². The van der Waals surface area contributed by atoms with Crippen molar-refractivity contribution in [2.24, 2.45) is 0 Å². The molecule has 3 aromatic rings. The molecule has 100 valence electrons. The predicted octanol–water partition coefficient (Wildman–Crippen LogP) is 1.81. The van der Waals surface area contributed by atoms with Gasteiger partial charge in [-0.3, -0.25) is 4.90 Å². The molecule has 0 atom stereocenters. The third kappa shape index (κ3) is 1.66. The predicted molar refractivity (Wildman–Crippen MR) is 79.7 cm³/mol. The van der Waals surface area contributed by atoms with Crippen LogP contribution < -0.4 is 15.6 Å². The molecule has 0 unspecified atom stereocenters. The number of fused-ring (bicyclic) bond motifs is 2. The highest BCUT2D eigenvalue weighted by molar-refractivity contribution is 9.10. The summed E-state index contributed by atoms with van der Waals surface area (Å²) in [6.07, 6.45) is 2.64. The van der Waals surface area contributed by atoms with Crippen LogP contribution in [0.2, 0.25) is 0 Å². The minimum Gasteiger partial charge on any atom is -0.337 e. The summed E-state index contributed by atoms with van der Waals surface area (Å²) in [5.74, 6) is 1.27. The fourth-order valence-corrected chi connectivity index (χ4v) is 3.01. The lowest BCUT2D eigenvalue weighted by Gasteiger charge is -2.15. The van der Waals surface area contributed by atoms with Gasteiger partial charge in [0, 0.05) is 10.9 Å². The summed E-state index contributed by atoms with van der Waals surface area (Å²) in [6, 6.07) is 6.34. The molecule has 0 bridgehead atoms. The van der Waals surface area contributed by atoms with Crippen molar-refractivity contribution in [3.05, 3.63) is 34.6 Å². The van der Waals surface area contributed by atoms with Gasteiger partial charge >= 0.3 is 5.95 Å². The summed E-state index contributed by atoms with van der Waals surface area (Å²) >= 11 is 3.53. The molecular weight excluding hydrogens is 320 g/mol. The molecule has 0 saturated carbocycles. The Balaban J connectivity index is 1.94. The highest BCUT2D eigenvalue weighted by atomic mass is 79.9. The van der Waals surface area contributed by atoms with Crippen LogP contribution in [-0.4, -0.2) is 21.5 Å². The molecule has 0 spiro atoms. The molecule has 0 amide bonds. The molecule has 4 N–H and O–H groups in total. The SMILES string of the molecule is Nc1nc2nc[nH]c2c(N2CCc3ccc(Br)cc32)[nH+]1. The highest BCUT2D eigenvalue weighted by Crippen LogP contribution is 2.36. The average molecular weight is 332 g/mol. The first kappa shape index (κ1) is 11.7. The Labute approximate surface area is 123 Å². The standard InChI is InChI=1S/C13H11BrN6/c14-8-2-1-7-3-4-20(9(7)5-8)12-10-11(17-6-16-10)18-13(15)19-12/h1-2,5-6H,3-4H2,(H3,15,16,17,18,19)/p+1. The molecule has 3 heterocycles. The lowest BCUT2D eigenvalue weighted by Crippen LogP contribution is -2.26. The summed E-state index contributed by atoms with van der Waals surface area (Å²) in [7, 11) is 0. The van der Waals surface area contributed by atoms with Crippen molar-refractivity contribution in [3.8, 4) is 0 Å². The Hall–Kier alpha value is -2.15. The average Bonchev–Trinajstić information content (AvgIpc) is 3.03. The number of halogens is 1. The van der Waals surface area contributed by atoms with Crippen molar-refractivity contribution >= 4 is 44.5 Å². The molecule has 20 heavy (non-hydrogen) atoms. The summed E-state index contributed by atoms with van der Waals surface area (Å²) < 4.78 is 1.06. The van der Waals surface area contributed by atoms with Crippen LogP contribution in [0.25, 0.3) is 11.2 Å². The second-order valence-electron chi connectivity index (χ2n) is 4.75. The first-order chi connectivity index (χ1) is 9.72. The third-order valence-electron chi connectivity index (χ3n) is 3.54. The maximum atomic E-state index is 5.84. The van der Waals surface area contributed by atoms with Crippen LogP contribution in [0.15, 0.2) is 29.0 Å². The van der Waals surface area contributed by atoms with E-state index in [9.17, 15) is 0 Å². The molecule has 6 nitrogen and oxygen atoms in total. The monoisotopic (exact) mass is 331 g/mol. The van der Waals surface area contributed by atoms with Gasteiger partial charge in [0.25, 0.3) is 0 Å². The van der Waals surface area contributed by atoms with Crippen LogP contribution >= 0.6 is 15.9 Å². The van der Waals surface area contributed by atoms with E-state index in [1.807, 2.05) is 0 Å². The van der Waals surface area contributed by atoms with E-state index >= 15 is 0 Å². The van der Waals surface area contributed by atoms with Gasteiger partial charge in [-0.25, -0.2) is 9.97 Å². The molecule has 0 radical (unpaired) electrons. The van der Waals surface area contributed by atoms with Crippen molar-refractivity contribution in [2.45, 2.75) is 6.42 Å². The number of imidazole rings is 1. The molecular formula is C13H12BrN6+. The molecule has 0 saturated heterocycles. The Morgan fingerprint density at radius 3 is 3.20 bits per heavy atom. The maximum absolute atomic E-state index is 5.84. The minimum absolute atomic E-state index is 0.364. The van der Waals surface area contributed by atoms with Crippen molar-refractivity contribution in [3.63, 3.8) is 0 Å². The van der Waals surface area contributed by atoms with Crippen molar-refractivity contribution in [1.82, 2.24) is 15.0 Å². The van der Waals surface area contributed by atoms with Gasteiger partial charge < -0.3 is 10.7 Å². The lowest BCUT2D eigenvalue weighted by molar-refractivity contribution is -0.347. The van der Waals surface area contributed by atoms with E-state index in [1.165, 1.54) is 11.3 Å². The zero-order chi connectivity index (χ0) is 13.7. The van der Waals surface area contributed by atoms with Crippen molar-refractivity contribution in [1.29, 1.82) is 0 Å². The topological polar surface area (TPSA) is 85.0 Å². The number of aromatic nitrogens is 4. The molecule has 1 aliphatic rings. The van der Waals surface area contributed by atoms with E-state index in [2.05, 4.69) is 59.0 Å². The van der Waals surface area contributed by atoms with Gasteiger partial charge in [0.2, 0.25) is 11.5 Å². The van der Waals surface area contributed by atoms with Crippen molar-refractivity contribution in [2.75, 3.05) is 17.2 Å². The normalized spacial score (nSPS) is 13.9. The van der Waals surface area contributed by atoms with Crippen LogP contribution in [0.4, 0.5) is 17.5 Å². The highest BCUT2D eigenvalue weighted by Gasteiger charge is 2.28. The third-order valence-corrected chi connectivity index (χ3v) is 4.04. The van der Waals surface area contributed by atoms with Crippen LogP contribution in [0, 0.1) is 0 Å². The van der Waals surface area contributed by atoms with E-state index in [0.29, 0.717) is 11.6 Å². The number of H-pyrrole nitrogens is 2. The minimum atomic E-state index is 0.364. The number of anilines is 3. The number of aromatic amines is 2. The van der Waals surface area contributed by atoms with E-state index < -0.39 is 0 Å². The number of nitrogens with one attached hydrogen (secondary N) is 2. The van der Waals surface area contributed by atoms with Crippen LogP contribution in [0.3, 0.4) is 0 Å². The van der Waals surface area contributed by atoms with E-state index in [0.717, 1.165) is 28.8 Å². The fourth-order valence-electron chi connectivity index (χ4n) is 2.66. The number of hydrogen-bond donors (Lipinski definition) is 2. The number of nitrogen functional groups attached to an aromatic ring is 1. The number of rotatable bonds is 1. The zero-order valence-corrected chi connectivity index (χ0v) is 12.1. The number of nitrogens with two attached hydrogens (primary N) is 1. The number of benzene rings is 1. The Morgan fingerprint density at radius 2 is 2.30 bits per heavy atom. The summed E-state index contributed by atoms with van der Waals surface area (Å²) in [6.45, 7) is 0.903. The quantitative estimate of drug-likeness (QED) is 0.712. The van der Waals surface area contributed by atoms with Crippen LogP contribution in [-0.2, 0) is 6.42 Å². The zero-order valence-electron chi connectivity index (χ0n) is 10.5. The molecule has 0 aliphatic carbocycles.